The Labute approximate surface area is 236 Å². The summed E-state index contributed by atoms with van der Waals surface area (Å²) in [4.78, 5) is 0. The molecule has 0 aromatic heterocycles. The van der Waals surface area contributed by atoms with Crippen molar-refractivity contribution in [2.75, 3.05) is 28.4 Å². The third-order valence-corrected chi connectivity index (χ3v) is 3.00. The second-order valence-corrected chi connectivity index (χ2v) is 12.6. The molecule has 0 aromatic carbocycles. The number of rotatable bonds is 4. The van der Waals surface area contributed by atoms with Gasteiger partial charge in [-0.25, -0.2) is 0 Å². The minimum atomic E-state index is -2.69. The Balaban J connectivity index is -0.0000000262. The summed E-state index contributed by atoms with van der Waals surface area (Å²) in [5.74, 6) is 0. The van der Waals surface area contributed by atoms with Crippen molar-refractivity contribution in [1.29, 1.82) is 0 Å². The molecule has 0 radical (unpaired) electrons. The molecule has 34 heavy (non-hydrogen) atoms. The Morgan fingerprint density at radius 2 is 0.441 bits per heavy atom. The van der Waals surface area contributed by atoms with Gasteiger partial charge in [0.05, 0.1) is 22.4 Å². The summed E-state index contributed by atoms with van der Waals surface area (Å²) in [6.45, 7) is 20.9. The van der Waals surface area contributed by atoms with Gasteiger partial charge in [-0.15, -0.1) is 0 Å². The third-order valence-electron chi connectivity index (χ3n) is 1.00. The molecule has 0 rings (SSSR count). The molecule has 0 aromatic rings. The fraction of sp³-hybridized carbons (Fsp3) is 1.00. The molecule has 0 spiro atoms. The van der Waals surface area contributed by atoms with Gasteiger partial charge in [-0.2, -0.15) is 0 Å². The van der Waals surface area contributed by atoms with Crippen LogP contribution in [0.3, 0.4) is 0 Å². The van der Waals surface area contributed by atoms with Crippen LogP contribution >= 0.6 is 0 Å². The van der Waals surface area contributed by atoms with Gasteiger partial charge in [0, 0.05) is 54.3 Å². The third kappa shape index (κ3) is 203. The first kappa shape index (κ1) is 64.6. The number of hydrogen-bond acceptors (Lipinski definition) is 8. The average Bonchev–Trinajstić information content (AvgIpc) is 2.34. The molecule has 0 aliphatic heterocycles. The van der Waals surface area contributed by atoms with Crippen LogP contribution < -0.4 is 0 Å². The van der Waals surface area contributed by atoms with Crippen LogP contribution in [0.15, 0.2) is 0 Å². The maximum absolute atomic E-state index is 8.52. The maximum Gasteiger partial charge on any atom is 0.678 e. The van der Waals surface area contributed by atoms with Crippen molar-refractivity contribution in [3.63, 3.8) is 0 Å². The van der Waals surface area contributed by atoms with Crippen molar-refractivity contribution in [3.8, 4) is 0 Å². The summed E-state index contributed by atoms with van der Waals surface area (Å²) in [6, 6.07) is 0. The molecule has 0 amide bonds. The van der Waals surface area contributed by atoms with Crippen LogP contribution in [0.2, 0.25) is 0 Å². The summed E-state index contributed by atoms with van der Waals surface area (Å²) in [7, 11) is 3.26. The van der Waals surface area contributed by atoms with Crippen molar-refractivity contribution in [2.24, 2.45) is 0 Å². The van der Waals surface area contributed by atoms with Crippen LogP contribution in [0.1, 0.15) is 113 Å². The fourth-order valence-corrected chi connectivity index (χ4v) is 1.50. The van der Waals surface area contributed by atoms with Gasteiger partial charge in [0.1, 0.15) is 0 Å². The van der Waals surface area contributed by atoms with Crippen molar-refractivity contribution in [1.82, 2.24) is 0 Å². The van der Waals surface area contributed by atoms with Gasteiger partial charge in [0.15, 0.2) is 0 Å². The first-order valence-electron chi connectivity index (χ1n) is 9.34. The van der Waals surface area contributed by atoms with Crippen LogP contribution in [0, 0.1) is 0 Å². The predicted molar refractivity (Wildman–Crippen MR) is 149 cm³/mol. The normalized spacial score (nSPS) is 10.2. The summed E-state index contributed by atoms with van der Waals surface area (Å²) >= 11 is 0. The van der Waals surface area contributed by atoms with E-state index in [1.807, 2.05) is 0 Å². The molecule has 0 aliphatic carbocycles. The van der Waals surface area contributed by atoms with Crippen LogP contribution in [0.5, 0.6) is 0 Å². The van der Waals surface area contributed by atoms with E-state index in [-0.39, 0.29) is 55.5 Å². The van der Waals surface area contributed by atoms with Gasteiger partial charge < -0.3 is 38.1 Å². The molecular weight excluding hydrogens is 623 g/mol. The minimum Gasteiger partial charge on any atom is -0.391 e. The van der Waals surface area contributed by atoms with Gasteiger partial charge >= 0.3 is 9.05 Å². The SMILES string of the molecule is C.C.C.C.CC(C)(C)O.CC(C)(C)O.CC(C)(C)O.CC(C)(C)O.CO[Si](OC)(OC)OC.[Hf]. The van der Waals surface area contributed by atoms with E-state index in [4.69, 9.17) is 38.1 Å². The Morgan fingerprint density at radius 3 is 0.441 bits per heavy atom. The van der Waals surface area contributed by atoms with E-state index < -0.39 is 31.5 Å². The first-order chi connectivity index (χ1) is 12.2. The van der Waals surface area contributed by atoms with Crippen molar-refractivity contribution in [3.05, 3.63) is 0 Å². The van der Waals surface area contributed by atoms with Crippen molar-refractivity contribution >= 4 is 9.05 Å². The van der Waals surface area contributed by atoms with Gasteiger partial charge in [0.2, 0.25) is 0 Å². The van der Waals surface area contributed by atoms with E-state index in [9.17, 15) is 0 Å². The van der Waals surface area contributed by atoms with E-state index >= 15 is 0 Å². The van der Waals surface area contributed by atoms with Gasteiger partial charge in [-0.05, 0) is 83.1 Å². The Kier molecular flexibility index (Phi) is 57.0. The number of hydrogen-bond donors (Lipinski definition) is 4. The van der Waals surface area contributed by atoms with Crippen LogP contribution in [0.25, 0.3) is 0 Å². The van der Waals surface area contributed by atoms with Crippen molar-refractivity contribution < 1.29 is 64.0 Å². The summed E-state index contributed by atoms with van der Waals surface area (Å²) in [5.41, 5.74) is -2.00. The second kappa shape index (κ2) is 30.0. The van der Waals surface area contributed by atoms with Gasteiger partial charge in [0.25, 0.3) is 0 Å². The first-order valence-corrected chi connectivity index (χ1v) is 11.0. The van der Waals surface area contributed by atoms with Gasteiger partial charge in [-0.1, -0.05) is 29.7 Å². The van der Waals surface area contributed by atoms with E-state index in [1.54, 1.807) is 83.1 Å². The smallest absolute Gasteiger partial charge is 0.391 e. The average molecular weight is 691 g/mol. The number of aliphatic hydroxyl groups is 4. The molecule has 4 N–H and O–H groups in total. The molecule has 0 aliphatic rings. The van der Waals surface area contributed by atoms with E-state index in [1.165, 1.54) is 28.4 Å². The summed E-state index contributed by atoms with van der Waals surface area (Å²) < 4.78 is 19.4. The molecule has 220 valence electrons. The zero-order chi connectivity index (χ0) is 25.3. The van der Waals surface area contributed by atoms with Gasteiger partial charge in [-0.3, -0.25) is 0 Å². The molecule has 8 nitrogen and oxygen atoms in total. The maximum atomic E-state index is 8.52. The minimum absolute atomic E-state index is 0. The van der Waals surface area contributed by atoms with Crippen LogP contribution in [-0.4, -0.2) is 80.3 Å². The van der Waals surface area contributed by atoms with E-state index in [0.29, 0.717) is 0 Å². The molecule has 10 heteroatoms. The predicted octanol–water partition coefficient (Wildman–Crippen LogP) is 5.66. The molecule has 0 heterocycles. The zero-order valence-corrected chi connectivity index (χ0v) is 27.0. The largest absolute Gasteiger partial charge is 0.678 e. The molecule has 0 atom stereocenters. The Hall–Kier alpha value is 0.767. The topological polar surface area (TPSA) is 118 Å². The second-order valence-electron chi connectivity index (χ2n) is 10.00. The Morgan fingerprint density at radius 1 is 0.382 bits per heavy atom. The molecular formula is C24H68HfO8Si. The Bertz CT molecular complexity index is 251. The van der Waals surface area contributed by atoms with Crippen LogP contribution in [-0.2, 0) is 43.5 Å². The molecule has 0 saturated carbocycles. The zero-order valence-electron chi connectivity index (χ0n) is 22.4. The standard InChI is InChI=1S/C4H12O4Si.4C4H10O.4CH4.Hf/c1-5-9(6-2,7-3)8-4;4*1-4(2,3)5;;;;;/h1-4H3;4*5H,1-3H3;4*1H4;. The molecule has 0 fully saturated rings. The van der Waals surface area contributed by atoms with Crippen LogP contribution in [0.4, 0.5) is 0 Å². The fourth-order valence-electron chi connectivity index (χ4n) is 0.500. The quantitative estimate of drug-likeness (QED) is 0.280. The molecule has 0 saturated heterocycles. The van der Waals surface area contributed by atoms with Crippen molar-refractivity contribution in [2.45, 2.75) is 135 Å². The molecule has 0 unspecified atom stereocenters. The summed E-state index contributed by atoms with van der Waals surface area (Å²) in [6.07, 6.45) is 0. The monoisotopic (exact) mass is 692 g/mol. The van der Waals surface area contributed by atoms with E-state index in [2.05, 4.69) is 0 Å². The van der Waals surface area contributed by atoms with E-state index in [0.717, 1.165) is 0 Å². The summed E-state index contributed by atoms with van der Waals surface area (Å²) in [5, 5.41) is 34.1. The molecule has 0 bridgehead atoms.